The van der Waals surface area contributed by atoms with E-state index < -0.39 is 0 Å². The lowest BCUT2D eigenvalue weighted by Crippen LogP contribution is -2.33. The normalized spacial score (nSPS) is 23.5. The molecular weight excluding hydrogens is 338 g/mol. The number of ether oxygens (including phenoxy) is 1. The molecule has 1 aromatic heterocycles. The first kappa shape index (κ1) is 17.2. The molecule has 0 amide bonds. The van der Waals surface area contributed by atoms with Crippen molar-refractivity contribution in [2.45, 2.75) is 57.7 Å². The van der Waals surface area contributed by atoms with E-state index in [1.165, 1.54) is 29.8 Å². The molecule has 0 radical (unpaired) electrons. The summed E-state index contributed by atoms with van der Waals surface area (Å²) in [6.07, 6.45) is 4.71. The second-order valence-corrected chi connectivity index (χ2v) is 8.25. The average molecular weight is 367 g/mol. The number of piperidine rings is 1. The molecule has 1 saturated heterocycles. The fourth-order valence-electron chi connectivity index (χ4n) is 4.78. The Morgan fingerprint density at radius 2 is 2.04 bits per heavy atom. The quantitative estimate of drug-likeness (QED) is 0.901. The van der Waals surface area contributed by atoms with Crippen molar-refractivity contribution in [1.29, 1.82) is 0 Å². The van der Waals surface area contributed by atoms with Gasteiger partial charge in [0.2, 0.25) is 0 Å². The Hall–Kier alpha value is -1.92. The number of nitrogens with one attached hydrogen (secondary N) is 1. The smallest absolute Gasteiger partial charge is 0.136 e. The largest absolute Gasteiger partial charge is 0.490 e. The molecule has 6 heteroatoms. The minimum atomic E-state index is 0.319. The number of hydrogen-bond donors (Lipinski definition) is 1. The van der Waals surface area contributed by atoms with Crippen molar-refractivity contribution < 1.29 is 4.74 Å². The summed E-state index contributed by atoms with van der Waals surface area (Å²) in [6, 6.07) is 6.73. The summed E-state index contributed by atoms with van der Waals surface area (Å²) in [5.74, 6) is 4.01. The molecule has 0 unspecified atom stereocenters. The lowest BCUT2D eigenvalue weighted by molar-refractivity contribution is 0.200. The number of rotatable bonds is 3. The van der Waals surface area contributed by atoms with Crippen molar-refractivity contribution in [3.63, 3.8) is 0 Å². The van der Waals surface area contributed by atoms with Crippen LogP contribution in [0.2, 0.25) is 0 Å². The average Bonchev–Trinajstić information content (AvgIpc) is 3.16. The zero-order valence-electron chi connectivity index (χ0n) is 16.2. The van der Waals surface area contributed by atoms with Gasteiger partial charge in [-0.05, 0) is 50.0 Å². The Kier molecular flexibility index (Phi) is 4.61. The summed E-state index contributed by atoms with van der Waals surface area (Å²) in [7, 11) is 0. The first-order chi connectivity index (χ1) is 13.3. The van der Waals surface area contributed by atoms with Gasteiger partial charge >= 0.3 is 0 Å². The molecule has 0 spiro atoms. The van der Waals surface area contributed by atoms with Gasteiger partial charge in [-0.1, -0.05) is 12.1 Å². The summed E-state index contributed by atoms with van der Waals surface area (Å²) >= 11 is 0. The zero-order valence-corrected chi connectivity index (χ0v) is 16.2. The Labute approximate surface area is 160 Å². The summed E-state index contributed by atoms with van der Waals surface area (Å²) in [6.45, 7) is 8.50. The summed E-state index contributed by atoms with van der Waals surface area (Å²) in [5, 5.41) is 12.5. The van der Waals surface area contributed by atoms with Crippen molar-refractivity contribution in [3.8, 4) is 5.75 Å². The van der Waals surface area contributed by atoms with Gasteiger partial charge < -0.3 is 14.6 Å². The van der Waals surface area contributed by atoms with Crippen molar-refractivity contribution in [2.75, 3.05) is 26.2 Å². The zero-order chi connectivity index (χ0) is 18.2. The third-order valence-corrected chi connectivity index (χ3v) is 6.21. The third-order valence-electron chi connectivity index (χ3n) is 6.21. The molecule has 1 atom stereocenters. The van der Waals surface area contributed by atoms with E-state index in [-0.39, 0.29) is 0 Å². The van der Waals surface area contributed by atoms with Crippen molar-refractivity contribution >= 4 is 0 Å². The van der Waals surface area contributed by atoms with Crippen LogP contribution in [-0.4, -0.2) is 51.9 Å². The molecule has 144 valence electrons. The van der Waals surface area contributed by atoms with Crippen LogP contribution in [0.1, 0.15) is 48.5 Å². The van der Waals surface area contributed by atoms with E-state index in [0.29, 0.717) is 12.0 Å². The minimum Gasteiger partial charge on any atom is -0.490 e. The van der Waals surface area contributed by atoms with Crippen LogP contribution >= 0.6 is 0 Å². The van der Waals surface area contributed by atoms with Gasteiger partial charge in [0.15, 0.2) is 0 Å². The van der Waals surface area contributed by atoms with Gasteiger partial charge in [-0.2, -0.15) is 0 Å². The Morgan fingerprint density at radius 1 is 1.15 bits per heavy atom. The van der Waals surface area contributed by atoms with Gasteiger partial charge in [-0.3, -0.25) is 4.90 Å². The topological polar surface area (TPSA) is 55.2 Å². The minimum absolute atomic E-state index is 0.319. The van der Waals surface area contributed by atoms with Crippen LogP contribution in [0, 0.1) is 0 Å². The van der Waals surface area contributed by atoms with Crippen molar-refractivity contribution in [1.82, 2.24) is 25.0 Å². The lowest BCUT2D eigenvalue weighted by atomic mass is 9.95. The molecule has 4 heterocycles. The van der Waals surface area contributed by atoms with Crippen LogP contribution < -0.4 is 10.1 Å². The van der Waals surface area contributed by atoms with Gasteiger partial charge in [0.1, 0.15) is 23.5 Å². The Balaban J connectivity index is 1.21. The molecule has 5 rings (SSSR count). The standard InChI is InChI=1S/C21H29N5O/c1-15-12-18-13-16(2-3-19(18)27-15)14-25-9-5-17(6-10-25)21-24-23-20-4-7-22-8-11-26(20)21/h2-3,13,15,17,22H,4-12,14H2,1H3/t15-/m0/s1. The SMILES string of the molecule is C[C@H]1Cc2cc(CN3CCC(c4nnc5n4CCNCC5)CC3)ccc2O1. The Bertz CT molecular complexity index is 809. The highest BCUT2D eigenvalue weighted by Crippen LogP contribution is 2.31. The van der Waals surface area contributed by atoms with E-state index in [2.05, 4.69) is 50.1 Å². The first-order valence-electron chi connectivity index (χ1n) is 10.4. The second kappa shape index (κ2) is 7.24. The highest BCUT2D eigenvalue weighted by molar-refractivity contribution is 5.40. The van der Waals surface area contributed by atoms with Crippen molar-refractivity contribution in [2.24, 2.45) is 0 Å². The van der Waals surface area contributed by atoms with Crippen LogP contribution in [0.25, 0.3) is 0 Å². The lowest BCUT2D eigenvalue weighted by Gasteiger charge is -2.31. The predicted molar refractivity (Wildman–Crippen MR) is 104 cm³/mol. The van der Waals surface area contributed by atoms with E-state index >= 15 is 0 Å². The molecule has 3 aliphatic heterocycles. The fraction of sp³-hybridized carbons (Fsp3) is 0.619. The molecular formula is C21H29N5O. The molecule has 3 aliphatic rings. The predicted octanol–water partition coefficient (Wildman–Crippen LogP) is 2.13. The number of benzene rings is 1. The maximum absolute atomic E-state index is 5.83. The number of aromatic nitrogens is 3. The maximum Gasteiger partial charge on any atom is 0.136 e. The van der Waals surface area contributed by atoms with Crippen LogP contribution in [0.5, 0.6) is 5.75 Å². The Morgan fingerprint density at radius 3 is 2.93 bits per heavy atom. The van der Waals surface area contributed by atoms with Crippen LogP contribution in [-0.2, 0) is 25.9 Å². The van der Waals surface area contributed by atoms with Crippen LogP contribution in [0.15, 0.2) is 18.2 Å². The highest BCUT2D eigenvalue weighted by atomic mass is 16.5. The number of nitrogens with zero attached hydrogens (tertiary/aromatic N) is 4. The number of likely N-dealkylation sites (tertiary alicyclic amines) is 1. The van der Waals surface area contributed by atoms with E-state index in [1.54, 1.807) is 0 Å². The van der Waals surface area contributed by atoms with E-state index in [0.717, 1.165) is 63.7 Å². The first-order valence-corrected chi connectivity index (χ1v) is 10.4. The van der Waals surface area contributed by atoms with E-state index in [9.17, 15) is 0 Å². The second-order valence-electron chi connectivity index (χ2n) is 8.25. The molecule has 2 aromatic rings. The van der Waals surface area contributed by atoms with Gasteiger partial charge in [0, 0.05) is 44.9 Å². The van der Waals surface area contributed by atoms with Crippen LogP contribution in [0.4, 0.5) is 0 Å². The van der Waals surface area contributed by atoms with Crippen molar-refractivity contribution in [3.05, 3.63) is 41.0 Å². The third kappa shape index (κ3) is 3.48. The van der Waals surface area contributed by atoms with E-state index in [4.69, 9.17) is 4.74 Å². The highest BCUT2D eigenvalue weighted by Gasteiger charge is 2.27. The molecule has 27 heavy (non-hydrogen) atoms. The summed E-state index contributed by atoms with van der Waals surface area (Å²) in [5.41, 5.74) is 2.78. The van der Waals surface area contributed by atoms with E-state index in [1.807, 2.05) is 0 Å². The number of hydrogen-bond acceptors (Lipinski definition) is 5. The molecule has 1 fully saturated rings. The molecule has 1 N–H and O–H groups in total. The molecule has 1 aromatic carbocycles. The molecule has 0 aliphatic carbocycles. The molecule has 0 bridgehead atoms. The van der Waals surface area contributed by atoms with Gasteiger partial charge in [0.05, 0.1) is 0 Å². The summed E-state index contributed by atoms with van der Waals surface area (Å²) in [4.78, 5) is 2.58. The maximum atomic E-state index is 5.83. The van der Waals surface area contributed by atoms with Gasteiger partial charge in [-0.25, -0.2) is 0 Å². The number of fused-ring (bicyclic) bond motifs is 2. The molecule has 6 nitrogen and oxygen atoms in total. The summed E-state index contributed by atoms with van der Waals surface area (Å²) < 4.78 is 8.21. The monoisotopic (exact) mass is 367 g/mol. The molecule has 0 saturated carbocycles. The van der Waals surface area contributed by atoms with Crippen LogP contribution in [0.3, 0.4) is 0 Å². The van der Waals surface area contributed by atoms with Gasteiger partial charge in [-0.15, -0.1) is 10.2 Å². The fourth-order valence-corrected chi connectivity index (χ4v) is 4.78. The van der Waals surface area contributed by atoms with Gasteiger partial charge in [0.25, 0.3) is 0 Å².